The molecule has 0 aromatic heterocycles. The van der Waals surface area contributed by atoms with Gasteiger partial charge in [0.1, 0.15) is 17.3 Å². The van der Waals surface area contributed by atoms with Crippen LogP contribution in [0.1, 0.15) is 17.2 Å². The van der Waals surface area contributed by atoms with Crippen molar-refractivity contribution in [1.82, 2.24) is 9.80 Å². The Balaban J connectivity index is 1.76. The molecular weight excluding hydrogens is 492 g/mol. The lowest BCUT2D eigenvalue weighted by atomic mass is 9.95. The second-order valence-electron chi connectivity index (χ2n) is 7.88. The number of phenolic OH excluding ortho intramolecular Hbond substituents is 1. The Hall–Kier alpha value is -2.88. The number of ketones is 1. The lowest BCUT2D eigenvalue weighted by Gasteiger charge is -2.31. The van der Waals surface area contributed by atoms with Crippen LogP contribution in [0, 0.1) is 0 Å². The quantitative estimate of drug-likeness (QED) is 0.346. The summed E-state index contributed by atoms with van der Waals surface area (Å²) in [5, 5.41) is 21.6. The van der Waals surface area contributed by atoms with Gasteiger partial charge >= 0.3 is 0 Å². The first-order valence-electron chi connectivity index (χ1n) is 10.6. The van der Waals surface area contributed by atoms with Gasteiger partial charge in [-0.15, -0.1) is 0 Å². The molecule has 4 rings (SSSR count). The maximum absolute atomic E-state index is 13.1. The van der Waals surface area contributed by atoms with Crippen molar-refractivity contribution in [1.29, 1.82) is 0 Å². The number of hydrogen-bond donors (Lipinski definition) is 2. The van der Waals surface area contributed by atoms with Crippen molar-refractivity contribution in [2.24, 2.45) is 0 Å². The van der Waals surface area contributed by atoms with E-state index in [1.165, 1.54) is 24.1 Å². The highest BCUT2D eigenvalue weighted by molar-refractivity contribution is 9.10. The minimum Gasteiger partial charge on any atom is -0.507 e. The number of phenols is 1. The summed E-state index contributed by atoms with van der Waals surface area (Å²) in [6.45, 7) is 3.66. The molecule has 1 atom stereocenters. The highest BCUT2D eigenvalue weighted by atomic mass is 79.9. The Bertz CT molecular complexity index is 1100. The lowest BCUT2D eigenvalue weighted by molar-refractivity contribution is -0.140. The van der Waals surface area contributed by atoms with Gasteiger partial charge < -0.3 is 24.6 Å². The molecule has 0 spiro atoms. The summed E-state index contributed by atoms with van der Waals surface area (Å²) in [4.78, 5) is 29.9. The standard InChI is InChI=1S/C24H25BrN2O6/c1-32-17-5-6-18(19(28)14-17)22(29)20-21(15-3-2-4-16(25)13-15)27(24(31)23(20)30)8-7-26-9-11-33-12-10-26/h2-6,13-14,21,28-29H,7-12H2,1H3. The minimum absolute atomic E-state index is 0.0551. The third kappa shape index (κ3) is 4.75. The average Bonchev–Trinajstić information content (AvgIpc) is 3.07. The molecular formula is C24H25BrN2O6. The van der Waals surface area contributed by atoms with Crippen LogP contribution in [0.15, 0.2) is 52.5 Å². The highest BCUT2D eigenvalue weighted by Gasteiger charge is 2.46. The van der Waals surface area contributed by atoms with Crippen molar-refractivity contribution >= 4 is 33.4 Å². The average molecular weight is 517 g/mol. The fourth-order valence-corrected chi connectivity index (χ4v) is 4.61. The largest absolute Gasteiger partial charge is 0.507 e. The van der Waals surface area contributed by atoms with Crippen LogP contribution >= 0.6 is 15.9 Å². The van der Waals surface area contributed by atoms with Crippen molar-refractivity contribution < 1.29 is 29.3 Å². The number of ether oxygens (including phenoxy) is 2. The molecule has 2 aromatic carbocycles. The fraction of sp³-hybridized carbons (Fsp3) is 0.333. The molecule has 174 valence electrons. The summed E-state index contributed by atoms with van der Waals surface area (Å²) >= 11 is 3.45. The van der Waals surface area contributed by atoms with Crippen molar-refractivity contribution in [2.45, 2.75) is 6.04 Å². The van der Waals surface area contributed by atoms with E-state index in [4.69, 9.17) is 9.47 Å². The zero-order chi connectivity index (χ0) is 23.5. The number of nitrogens with zero attached hydrogens (tertiary/aromatic N) is 2. The molecule has 2 N–H and O–H groups in total. The van der Waals surface area contributed by atoms with E-state index < -0.39 is 23.5 Å². The van der Waals surface area contributed by atoms with Gasteiger partial charge in [-0.05, 0) is 29.8 Å². The predicted molar refractivity (Wildman–Crippen MR) is 125 cm³/mol. The van der Waals surface area contributed by atoms with E-state index in [9.17, 15) is 19.8 Å². The topological polar surface area (TPSA) is 99.5 Å². The number of rotatable bonds is 6. The molecule has 8 nitrogen and oxygen atoms in total. The number of aromatic hydroxyl groups is 1. The molecule has 0 aliphatic carbocycles. The summed E-state index contributed by atoms with van der Waals surface area (Å²) in [5.41, 5.74) is 0.683. The van der Waals surface area contributed by atoms with Crippen LogP contribution in [0.2, 0.25) is 0 Å². The third-order valence-corrected chi connectivity index (χ3v) is 6.42. The predicted octanol–water partition coefficient (Wildman–Crippen LogP) is 2.92. The summed E-state index contributed by atoms with van der Waals surface area (Å²) in [7, 11) is 1.46. The van der Waals surface area contributed by atoms with E-state index >= 15 is 0 Å². The first-order valence-corrected chi connectivity index (χ1v) is 11.4. The summed E-state index contributed by atoms with van der Waals surface area (Å²) < 4.78 is 11.3. The SMILES string of the molecule is COc1ccc(C(O)=C2C(=O)C(=O)N(CCN3CCOCC3)C2c2cccc(Br)c2)c(O)c1. The molecule has 0 radical (unpaired) electrons. The van der Waals surface area contributed by atoms with Crippen LogP contribution in [0.4, 0.5) is 0 Å². The Labute approximate surface area is 200 Å². The molecule has 9 heteroatoms. The van der Waals surface area contributed by atoms with Gasteiger partial charge in [-0.25, -0.2) is 0 Å². The Morgan fingerprint density at radius 3 is 2.58 bits per heavy atom. The first-order chi connectivity index (χ1) is 15.9. The lowest BCUT2D eigenvalue weighted by Crippen LogP contribution is -2.42. The maximum Gasteiger partial charge on any atom is 0.295 e. The number of likely N-dealkylation sites (tertiary alicyclic amines) is 1. The number of morpholine rings is 1. The van der Waals surface area contributed by atoms with Gasteiger partial charge in [-0.1, -0.05) is 28.1 Å². The molecule has 2 aliphatic rings. The number of Topliss-reactive ketones (excluding diaryl/α,β-unsaturated/α-hetero) is 1. The fourth-order valence-electron chi connectivity index (χ4n) is 4.19. The van der Waals surface area contributed by atoms with Gasteiger partial charge in [0.2, 0.25) is 0 Å². The number of aliphatic hydroxyl groups is 1. The first kappa shape index (κ1) is 23.3. The Morgan fingerprint density at radius 1 is 1.15 bits per heavy atom. The minimum atomic E-state index is -0.787. The number of benzene rings is 2. The number of methoxy groups -OCH3 is 1. The van der Waals surface area contributed by atoms with Crippen molar-refractivity contribution in [2.75, 3.05) is 46.5 Å². The third-order valence-electron chi connectivity index (χ3n) is 5.93. The van der Waals surface area contributed by atoms with Gasteiger partial charge in [0.05, 0.1) is 37.5 Å². The van der Waals surface area contributed by atoms with E-state index in [-0.39, 0.29) is 16.9 Å². The normalized spacial score (nSPS) is 20.9. The number of carbonyl (C=O) groups excluding carboxylic acids is 2. The van der Waals surface area contributed by atoms with Gasteiger partial charge in [0, 0.05) is 36.7 Å². The van der Waals surface area contributed by atoms with Crippen molar-refractivity contribution in [3.8, 4) is 11.5 Å². The smallest absolute Gasteiger partial charge is 0.295 e. The summed E-state index contributed by atoms with van der Waals surface area (Å²) in [6.07, 6.45) is 0. The van der Waals surface area contributed by atoms with Crippen LogP contribution < -0.4 is 4.74 Å². The van der Waals surface area contributed by atoms with Gasteiger partial charge in [-0.3, -0.25) is 14.5 Å². The molecule has 33 heavy (non-hydrogen) atoms. The zero-order valence-electron chi connectivity index (χ0n) is 18.2. The van der Waals surface area contributed by atoms with Gasteiger partial charge in [0.25, 0.3) is 11.7 Å². The maximum atomic E-state index is 13.1. The number of aliphatic hydroxyl groups excluding tert-OH is 1. The van der Waals surface area contributed by atoms with Crippen molar-refractivity contribution in [3.05, 3.63) is 63.6 Å². The van der Waals surface area contributed by atoms with E-state index in [2.05, 4.69) is 20.8 Å². The molecule has 0 saturated carbocycles. The van der Waals surface area contributed by atoms with Gasteiger partial charge in [-0.2, -0.15) is 0 Å². The Morgan fingerprint density at radius 2 is 1.91 bits per heavy atom. The second kappa shape index (κ2) is 9.94. The molecule has 0 bridgehead atoms. The van der Waals surface area contributed by atoms with E-state index in [0.717, 1.165) is 17.6 Å². The summed E-state index contributed by atoms with van der Waals surface area (Å²) in [5.74, 6) is -1.73. The van der Waals surface area contributed by atoms with E-state index in [1.807, 2.05) is 24.3 Å². The molecule has 2 aromatic rings. The molecule has 2 aliphatic heterocycles. The highest BCUT2D eigenvalue weighted by Crippen LogP contribution is 2.41. The van der Waals surface area contributed by atoms with Crippen LogP contribution in [-0.2, 0) is 14.3 Å². The van der Waals surface area contributed by atoms with Crippen LogP contribution in [0.5, 0.6) is 11.5 Å². The van der Waals surface area contributed by atoms with Crippen molar-refractivity contribution in [3.63, 3.8) is 0 Å². The molecule has 2 heterocycles. The molecule has 2 fully saturated rings. The summed E-state index contributed by atoms with van der Waals surface area (Å²) in [6, 6.07) is 10.9. The van der Waals surface area contributed by atoms with Crippen LogP contribution in [-0.4, -0.2) is 78.2 Å². The molecule has 1 amide bonds. The number of halogens is 1. The van der Waals surface area contributed by atoms with Crippen LogP contribution in [0.25, 0.3) is 5.76 Å². The number of hydrogen-bond acceptors (Lipinski definition) is 7. The molecule has 1 unspecified atom stereocenters. The zero-order valence-corrected chi connectivity index (χ0v) is 19.7. The molecule has 2 saturated heterocycles. The van der Waals surface area contributed by atoms with E-state index in [0.29, 0.717) is 37.6 Å². The monoisotopic (exact) mass is 516 g/mol. The number of carbonyl (C=O) groups is 2. The Kier molecular flexibility index (Phi) is 7.02. The number of amides is 1. The van der Waals surface area contributed by atoms with Crippen LogP contribution in [0.3, 0.4) is 0 Å². The van der Waals surface area contributed by atoms with E-state index in [1.54, 1.807) is 6.07 Å². The second-order valence-corrected chi connectivity index (χ2v) is 8.80. The van der Waals surface area contributed by atoms with Gasteiger partial charge in [0.15, 0.2) is 0 Å².